The number of hydrogen-bond acceptors (Lipinski definition) is 4. The van der Waals surface area contributed by atoms with E-state index in [9.17, 15) is 5.11 Å². The Balaban J connectivity index is 2.39. The van der Waals surface area contributed by atoms with Gasteiger partial charge in [0.2, 0.25) is 0 Å². The van der Waals surface area contributed by atoms with E-state index in [0.717, 1.165) is 17.1 Å². The molecule has 0 bridgehead atoms. The number of aromatic nitrogens is 1. The van der Waals surface area contributed by atoms with Gasteiger partial charge in [0.05, 0.1) is 12.1 Å². The summed E-state index contributed by atoms with van der Waals surface area (Å²) in [6.45, 7) is 6.68. The summed E-state index contributed by atoms with van der Waals surface area (Å²) in [6.07, 6.45) is 0.537. The van der Waals surface area contributed by atoms with Gasteiger partial charge in [-0.2, -0.15) is 0 Å². The molecule has 0 radical (unpaired) electrons. The Hall–Kier alpha value is -0.450. The predicted octanol–water partition coefficient (Wildman–Crippen LogP) is 1.87. The van der Waals surface area contributed by atoms with Crippen LogP contribution in [-0.2, 0) is 0 Å². The van der Waals surface area contributed by atoms with Gasteiger partial charge >= 0.3 is 0 Å². The minimum Gasteiger partial charge on any atom is -0.392 e. The maximum Gasteiger partial charge on any atom is 0.110 e. The molecule has 0 aliphatic heterocycles. The van der Waals surface area contributed by atoms with E-state index in [2.05, 4.69) is 17.2 Å². The molecule has 2 atom stereocenters. The van der Waals surface area contributed by atoms with Crippen LogP contribution in [-0.4, -0.2) is 22.7 Å². The number of aliphatic hydroxyl groups is 1. The van der Waals surface area contributed by atoms with Gasteiger partial charge in [-0.15, -0.1) is 11.3 Å². The van der Waals surface area contributed by atoms with Crippen LogP contribution in [0.15, 0.2) is 5.38 Å². The lowest BCUT2D eigenvalue weighted by Gasteiger charge is -2.13. The second kappa shape index (κ2) is 5.44. The lowest BCUT2D eigenvalue weighted by molar-refractivity contribution is 0.163. The second-order valence-electron chi connectivity index (χ2n) is 3.52. The molecular formula is C10H18N2OS. The van der Waals surface area contributed by atoms with Crippen molar-refractivity contribution >= 4 is 11.3 Å². The fourth-order valence-electron chi connectivity index (χ4n) is 1.12. The van der Waals surface area contributed by atoms with E-state index in [-0.39, 0.29) is 12.1 Å². The standard InChI is InChI=1S/C10H18N2OS/c1-4-9(13)5-11-8(3)10-12-7(2)6-14-10/h6,8-9,11,13H,4-5H2,1-3H3. The maximum absolute atomic E-state index is 9.38. The number of aryl methyl sites for hydroxylation is 1. The Morgan fingerprint density at radius 1 is 1.64 bits per heavy atom. The van der Waals surface area contributed by atoms with Crippen LogP contribution in [0, 0.1) is 6.92 Å². The van der Waals surface area contributed by atoms with Crippen molar-refractivity contribution in [2.45, 2.75) is 39.3 Å². The van der Waals surface area contributed by atoms with Gasteiger partial charge < -0.3 is 10.4 Å². The summed E-state index contributed by atoms with van der Waals surface area (Å²) in [5.41, 5.74) is 1.06. The first kappa shape index (κ1) is 11.6. The van der Waals surface area contributed by atoms with Gasteiger partial charge in [0, 0.05) is 17.6 Å². The Bertz CT molecular complexity index is 275. The van der Waals surface area contributed by atoms with Crippen molar-refractivity contribution in [1.29, 1.82) is 0 Å². The molecule has 1 rings (SSSR count). The van der Waals surface area contributed by atoms with Crippen LogP contribution in [0.1, 0.15) is 37.0 Å². The van der Waals surface area contributed by atoms with Crippen LogP contribution < -0.4 is 5.32 Å². The van der Waals surface area contributed by atoms with Gasteiger partial charge in [0.25, 0.3) is 0 Å². The van der Waals surface area contributed by atoms with E-state index in [0.29, 0.717) is 6.54 Å². The molecule has 1 heterocycles. The molecule has 4 heteroatoms. The Labute approximate surface area is 89.2 Å². The quantitative estimate of drug-likeness (QED) is 0.786. The molecule has 1 aromatic rings. The number of thiazole rings is 1. The van der Waals surface area contributed by atoms with Crippen molar-refractivity contribution in [2.75, 3.05) is 6.54 Å². The molecule has 0 fully saturated rings. The van der Waals surface area contributed by atoms with Gasteiger partial charge in [0.1, 0.15) is 5.01 Å². The predicted molar refractivity (Wildman–Crippen MR) is 59.6 cm³/mol. The van der Waals surface area contributed by atoms with Gasteiger partial charge in [0.15, 0.2) is 0 Å². The molecular weight excluding hydrogens is 196 g/mol. The topological polar surface area (TPSA) is 45.1 Å². The third kappa shape index (κ3) is 3.36. The molecule has 2 unspecified atom stereocenters. The Morgan fingerprint density at radius 3 is 2.86 bits per heavy atom. The van der Waals surface area contributed by atoms with E-state index in [1.165, 1.54) is 0 Å². The van der Waals surface area contributed by atoms with Crippen molar-refractivity contribution in [1.82, 2.24) is 10.3 Å². The minimum atomic E-state index is -0.251. The summed E-state index contributed by atoms with van der Waals surface area (Å²) < 4.78 is 0. The molecule has 1 aromatic heterocycles. The lowest BCUT2D eigenvalue weighted by Crippen LogP contribution is -2.28. The molecule has 3 nitrogen and oxygen atoms in total. The first-order valence-corrected chi connectivity index (χ1v) is 5.85. The average Bonchev–Trinajstić information content (AvgIpc) is 2.60. The van der Waals surface area contributed by atoms with Crippen LogP contribution in [0.5, 0.6) is 0 Å². The normalized spacial score (nSPS) is 15.4. The monoisotopic (exact) mass is 214 g/mol. The third-order valence-electron chi connectivity index (χ3n) is 2.14. The molecule has 80 valence electrons. The van der Waals surface area contributed by atoms with E-state index in [4.69, 9.17) is 0 Å². The van der Waals surface area contributed by atoms with Crippen molar-refractivity contribution in [3.63, 3.8) is 0 Å². The van der Waals surface area contributed by atoms with Crippen LogP contribution in [0.25, 0.3) is 0 Å². The van der Waals surface area contributed by atoms with Gasteiger partial charge in [-0.05, 0) is 20.3 Å². The van der Waals surface area contributed by atoms with Crippen molar-refractivity contribution < 1.29 is 5.11 Å². The molecule has 0 spiro atoms. The summed E-state index contributed by atoms with van der Waals surface area (Å²) in [6, 6.07) is 0.231. The minimum absolute atomic E-state index is 0.231. The first-order valence-electron chi connectivity index (χ1n) is 4.97. The first-order chi connectivity index (χ1) is 6.63. The molecule has 0 aliphatic rings. The molecule has 0 saturated heterocycles. The highest BCUT2D eigenvalue weighted by atomic mass is 32.1. The molecule has 0 aliphatic carbocycles. The van der Waals surface area contributed by atoms with Gasteiger partial charge in [-0.25, -0.2) is 4.98 Å². The Morgan fingerprint density at radius 2 is 2.36 bits per heavy atom. The SMILES string of the molecule is CCC(O)CNC(C)c1nc(C)cs1. The zero-order valence-electron chi connectivity index (χ0n) is 8.95. The number of nitrogens with one attached hydrogen (secondary N) is 1. The third-order valence-corrected chi connectivity index (χ3v) is 3.28. The fourth-order valence-corrected chi connectivity index (χ4v) is 1.94. The summed E-state index contributed by atoms with van der Waals surface area (Å²) in [5, 5.41) is 15.8. The van der Waals surface area contributed by atoms with Crippen LogP contribution in [0.4, 0.5) is 0 Å². The highest BCUT2D eigenvalue weighted by molar-refractivity contribution is 7.09. The summed E-state index contributed by atoms with van der Waals surface area (Å²) in [7, 11) is 0. The van der Waals surface area contributed by atoms with Crippen LogP contribution in [0.3, 0.4) is 0 Å². The van der Waals surface area contributed by atoms with Crippen molar-refractivity contribution in [2.24, 2.45) is 0 Å². The fraction of sp³-hybridized carbons (Fsp3) is 0.700. The summed E-state index contributed by atoms with van der Waals surface area (Å²) >= 11 is 1.66. The number of hydrogen-bond donors (Lipinski definition) is 2. The molecule has 0 amide bonds. The summed E-state index contributed by atoms with van der Waals surface area (Å²) in [4.78, 5) is 4.39. The zero-order chi connectivity index (χ0) is 10.6. The Kier molecular flexibility index (Phi) is 4.51. The maximum atomic E-state index is 9.38. The van der Waals surface area contributed by atoms with E-state index < -0.39 is 0 Å². The molecule has 2 N–H and O–H groups in total. The summed E-state index contributed by atoms with van der Waals surface area (Å²) in [5.74, 6) is 0. The van der Waals surface area contributed by atoms with Gasteiger partial charge in [-0.1, -0.05) is 6.92 Å². The number of rotatable bonds is 5. The highest BCUT2D eigenvalue weighted by Crippen LogP contribution is 2.17. The smallest absolute Gasteiger partial charge is 0.110 e. The average molecular weight is 214 g/mol. The van der Waals surface area contributed by atoms with E-state index >= 15 is 0 Å². The van der Waals surface area contributed by atoms with E-state index in [1.807, 2.05) is 19.2 Å². The van der Waals surface area contributed by atoms with Crippen LogP contribution in [0.2, 0.25) is 0 Å². The van der Waals surface area contributed by atoms with Crippen molar-refractivity contribution in [3.8, 4) is 0 Å². The highest BCUT2D eigenvalue weighted by Gasteiger charge is 2.10. The number of nitrogens with zero attached hydrogens (tertiary/aromatic N) is 1. The second-order valence-corrected chi connectivity index (χ2v) is 4.41. The van der Waals surface area contributed by atoms with Gasteiger partial charge in [-0.3, -0.25) is 0 Å². The van der Waals surface area contributed by atoms with Crippen LogP contribution >= 0.6 is 11.3 Å². The lowest BCUT2D eigenvalue weighted by atomic mass is 10.2. The molecule has 14 heavy (non-hydrogen) atoms. The zero-order valence-corrected chi connectivity index (χ0v) is 9.77. The largest absolute Gasteiger partial charge is 0.392 e. The van der Waals surface area contributed by atoms with E-state index in [1.54, 1.807) is 11.3 Å². The number of aliphatic hydroxyl groups excluding tert-OH is 1. The molecule has 0 saturated carbocycles. The molecule has 0 aromatic carbocycles. The van der Waals surface area contributed by atoms with Crippen molar-refractivity contribution in [3.05, 3.63) is 16.1 Å².